The summed E-state index contributed by atoms with van der Waals surface area (Å²) in [5.41, 5.74) is 13.9. The number of ether oxygens (including phenoxy) is 7. The molecule has 7 nitrogen and oxygen atoms in total. The molecule has 0 amide bonds. The highest BCUT2D eigenvalue weighted by molar-refractivity contribution is 5.60. The van der Waals surface area contributed by atoms with Crippen molar-refractivity contribution in [3.05, 3.63) is 115 Å². The molecule has 6 rings (SSSR count). The second-order valence-electron chi connectivity index (χ2n) is 22.4. The summed E-state index contributed by atoms with van der Waals surface area (Å²) >= 11 is 0. The third-order valence-electron chi connectivity index (χ3n) is 12.6. The fourth-order valence-electron chi connectivity index (χ4n) is 8.72. The highest BCUT2D eigenvalue weighted by Gasteiger charge is 2.29. The molecule has 0 atom stereocenters. The van der Waals surface area contributed by atoms with Crippen LogP contribution in [0.1, 0.15) is 177 Å². The molecular formula is C58H82O7. The van der Waals surface area contributed by atoms with Crippen LogP contribution in [-0.4, -0.2) is 66.1 Å². The van der Waals surface area contributed by atoms with Crippen LogP contribution in [0.4, 0.5) is 0 Å². The molecular weight excluding hydrogens is 809 g/mol. The van der Waals surface area contributed by atoms with Gasteiger partial charge in [0.15, 0.2) is 0 Å². The molecule has 4 aromatic carbocycles. The number of benzene rings is 4. The molecule has 0 unspecified atom stereocenters. The van der Waals surface area contributed by atoms with Crippen LogP contribution in [0.2, 0.25) is 0 Å². The molecule has 356 valence electrons. The minimum absolute atomic E-state index is 0.116. The van der Waals surface area contributed by atoms with Gasteiger partial charge in [0.25, 0.3) is 0 Å². The molecule has 1 aliphatic carbocycles. The van der Waals surface area contributed by atoms with Crippen LogP contribution in [0, 0.1) is 0 Å². The van der Waals surface area contributed by atoms with Gasteiger partial charge in [-0.25, -0.2) is 0 Å². The van der Waals surface area contributed by atoms with Crippen LogP contribution in [-0.2, 0) is 61.6 Å². The van der Waals surface area contributed by atoms with Crippen LogP contribution < -0.4 is 18.9 Å². The molecule has 0 aromatic heterocycles. The van der Waals surface area contributed by atoms with Crippen LogP contribution in [0.15, 0.2) is 48.5 Å². The lowest BCUT2D eigenvalue weighted by atomic mass is 9.79. The van der Waals surface area contributed by atoms with Crippen LogP contribution >= 0.6 is 0 Å². The largest absolute Gasteiger partial charge is 0.493 e. The average Bonchev–Trinajstić information content (AvgIpc) is 3.20. The first-order valence-corrected chi connectivity index (χ1v) is 24.6. The van der Waals surface area contributed by atoms with Crippen molar-refractivity contribution < 1.29 is 33.2 Å². The third kappa shape index (κ3) is 13.1. The first kappa shape index (κ1) is 50.4. The van der Waals surface area contributed by atoms with Gasteiger partial charge in [0.05, 0.1) is 52.9 Å². The van der Waals surface area contributed by atoms with E-state index in [1.54, 1.807) is 0 Å². The lowest BCUT2D eigenvalue weighted by molar-refractivity contribution is 0.00484. The van der Waals surface area contributed by atoms with E-state index in [0.717, 1.165) is 80.3 Å². The van der Waals surface area contributed by atoms with Crippen molar-refractivity contribution in [1.82, 2.24) is 0 Å². The second kappa shape index (κ2) is 21.3. The highest BCUT2D eigenvalue weighted by atomic mass is 16.6. The molecule has 0 saturated carbocycles. The van der Waals surface area contributed by atoms with Crippen LogP contribution in [0.5, 0.6) is 23.0 Å². The van der Waals surface area contributed by atoms with Crippen molar-refractivity contribution in [2.45, 2.75) is 157 Å². The summed E-state index contributed by atoms with van der Waals surface area (Å²) in [5.74, 6) is 3.73. The van der Waals surface area contributed by atoms with Gasteiger partial charge in [-0.05, 0) is 101 Å². The second-order valence-corrected chi connectivity index (χ2v) is 22.4. The Morgan fingerprint density at radius 2 is 0.585 bits per heavy atom. The Hall–Kier alpha value is -4.04. The molecule has 2 aliphatic rings. The maximum atomic E-state index is 7.04. The summed E-state index contributed by atoms with van der Waals surface area (Å²) in [7, 11) is 0. The molecule has 0 saturated heterocycles. The van der Waals surface area contributed by atoms with Gasteiger partial charge >= 0.3 is 0 Å². The standard InChI is InChI=1S/C58H82O7/c1-15-17-62-51-39-27-43-35-49(57(9,10)11)37-45-29-41-33-48(56(6,7)8)34-42(52(41)63-18-16-2)30-46-38-50(58(12,13)14)36-44(28-40(51)32-47(31-39)55(3,4)5)54(46)65-26-24-61-22-20-59-19-21-60-23-25-64-53(43)45/h31-38H,15-30H2,1-14H3. The van der Waals surface area contributed by atoms with Gasteiger partial charge in [0, 0.05) is 25.7 Å². The zero-order valence-electron chi connectivity index (χ0n) is 42.8. The Morgan fingerprint density at radius 3 is 0.815 bits per heavy atom. The van der Waals surface area contributed by atoms with Crippen molar-refractivity contribution in [1.29, 1.82) is 0 Å². The molecule has 7 heteroatoms. The highest BCUT2D eigenvalue weighted by Crippen LogP contribution is 2.44. The van der Waals surface area contributed by atoms with E-state index in [9.17, 15) is 0 Å². The summed E-state index contributed by atoms with van der Waals surface area (Å²) in [6.45, 7) is 37.0. The zero-order valence-corrected chi connectivity index (χ0v) is 42.8. The van der Waals surface area contributed by atoms with Gasteiger partial charge in [-0.3, -0.25) is 0 Å². The Labute approximate surface area is 393 Å². The molecule has 0 N–H and O–H groups in total. The third-order valence-corrected chi connectivity index (χ3v) is 12.6. The Balaban J connectivity index is 1.78. The molecule has 1 heterocycles. The Morgan fingerprint density at radius 1 is 0.354 bits per heavy atom. The first-order valence-electron chi connectivity index (χ1n) is 24.6. The topological polar surface area (TPSA) is 64.6 Å². The van der Waals surface area contributed by atoms with Crippen molar-refractivity contribution in [3.8, 4) is 23.0 Å². The molecule has 0 fully saturated rings. The Kier molecular flexibility index (Phi) is 16.5. The predicted molar refractivity (Wildman–Crippen MR) is 267 cm³/mol. The smallest absolute Gasteiger partial charge is 0.126 e. The number of fused-ring (bicyclic) bond motifs is 2. The van der Waals surface area contributed by atoms with E-state index in [0.29, 0.717) is 91.8 Å². The predicted octanol–water partition coefficient (Wildman–Crippen LogP) is 13.0. The van der Waals surface area contributed by atoms with E-state index in [4.69, 9.17) is 33.2 Å². The summed E-state index contributed by atoms with van der Waals surface area (Å²) in [4.78, 5) is 0. The fourth-order valence-corrected chi connectivity index (χ4v) is 8.72. The maximum Gasteiger partial charge on any atom is 0.126 e. The van der Waals surface area contributed by atoms with E-state index < -0.39 is 0 Å². The van der Waals surface area contributed by atoms with E-state index in [1.807, 2.05) is 0 Å². The summed E-state index contributed by atoms with van der Waals surface area (Å²) in [6, 6.07) is 19.1. The van der Waals surface area contributed by atoms with Gasteiger partial charge in [-0.2, -0.15) is 0 Å². The quantitative estimate of drug-likeness (QED) is 0.168. The molecule has 0 radical (unpaired) electrons. The van der Waals surface area contributed by atoms with E-state index in [-0.39, 0.29) is 21.7 Å². The Bertz CT molecular complexity index is 1970. The van der Waals surface area contributed by atoms with E-state index in [2.05, 4.69) is 145 Å². The molecule has 10 bridgehead atoms. The lowest BCUT2D eigenvalue weighted by Crippen LogP contribution is -2.19. The fraction of sp³-hybridized carbons (Fsp3) is 0.586. The summed E-state index contributed by atoms with van der Waals surface area (Å²) in [6.07, 6.45) is 4.35. The van der Waals surface area contributed by atoms with Crippen LogP contribution in [0.25, 0.3) is 0 Å². The van der Waals surface area contributed by atoms with E-state index in [1.165, 1.54) is 22.3 Å². The number of rotatable bonds is 6. The SMILES string of the molecule is CCCOc1c2cc(C(C)(C)C)cc1Cc1cc(C(C)(C)C)cc3c1OCCOCCOCCOCCOc1c(cc(C(C)(C)C)cc1Cc1cc(C(C)(C)C)cc(c1OCCC)C3)C2. The molecule has 0 spiro atoms. The molecule has 1 aliphatic heterocycles. The maximum absolute atomic E-state index is 7.04. The van der Waals surface area contributed by atoms with Crippen molar-refractivity contribution in [3.63, 3.8) is 0 Å². The van der Waals surface area contributed by atoms with Gasteiger partial charge < -0.3 is 33.2 Å². The average molecular weight is 891 g/mol. The minimum atomic E-state index is -0.122. The zero-order chi connectivity index (χ0) is 47.2. The molecule has 4 aromatic rings. The number of hydrogen-bond acceptors (Lipinski definition) is 7. The van der Waals surface area contributed by atoms with Crippen molar-refractivity contribution in [2.75, 3.05) is 66.1 Å². The van der Waals surface area contributed by atoms with Gasteiger partial charge in [-0.15, -0.1) is 0 Å². The summed E-state index contributed by atoms with van der Waals surface area (Å²) < 4.78 is 46.1. The van der Waals surface area contributed by atoms with Crippen molar-refractivity contribution >= 4 is 0 Å². The summed E-state index contributed by atoms with van der Waals surface area (Å²) in [5, 5.41) is 0. The monoisotopic (exact) mass is 891 g/mol. The van der Waals surface area contributed by atoms with E-state index >= 15 is 0 Å². The minimum Gasteiger partial charge on any atom is -0.493 e. The van der Waals surface area contributed by atoms with Gasteiger partial charge in [-0.1, -0.05) is 145 Å². The van der Waals surface area contributed by atoms with Gasteiger partial charge in [0.1, 0.15) is 36.2 Å². The first-order chi connectivity index (χ1) is 30.7. The van der Waals surface area contributed by atoms with Crippen LogP contribution in [0.3, 0.4) is 0 Å². The van der Waals surface area contributed by atoms with Crippen molar-refractivity contribution in [2.24, 2.45) is 0 Å². The normalized spacial score (nSPS) is 16.0. The number of hydrogen-bond donors (Lipinski definition) is 0. The molecule has 65 heavy (non-hydrogen) atoms. The van der Waals surface area contributed by atoms with Gasteiger partial charge in [0.2, 0.25) is 0 Å². The lowest BCUT2D eigenvalue weighted by Gasteiger charge is -2.29.